The molecule has 0 bridgehead atoms. The minimum atomic E-state index is -0.658. The lowest BCUT2D eigenvalue weighted by Crippen LogP contribution is -2.37. The summed E-state index contributed by atoms with van der Waals surface area (Å²) in [5, 5.41) is 0. The first-order chi connectivity index (χ1) is 11.3. The number of carbonyl (C=O) groups excluding carboxylic acids is 2. The van der Waals surface area contributed by atoms with E-state index in [-0.39, 0.29) is 23.9 Å². The molecule has 128 valence electrons. The van der Waals surface area contributed by atoms with Crippen molar-refractivity contribution in [3.8, 4) is 11.5 Å². The van der Waals surface area contributed by atoms with Crippen LogP contribution in [0.1, 0.15) is 25.8 Å². The fourth-order valence-corrected chi connectivity index (χ4v) is 2.81. The average Bonchev–Trinajstić information content (AvgIpc) is 2.52. The monoisotopic (exact) mass is 331 g/mol. The molecule has 6 heteroatoms. The van der Waals surface area contributed by atoms with Crippen molar-refractivity contribution in [1.82, 2.24) is 4.90 Å². The predicted molar refractivity (Wildman–Crippen MR) is 86.8 cm³/mol. The molecule has 0 spiro atoms. The Morgan fingerprint density at radius 1 is 1.21 bits per heavy atom. The number of allylic oxidation sites excluding steroid dienone is 1. The van der Waals surface area contributed by atoms with Gasteiger partial charge in [-0.25, -0.2) is 0 Å². The normalized spacial score (nSPS) is 18.5. The molecule has 0 N–H and O–H groups in total. The summed E-state index contributed by atoms with van der Waals surface area (Å²) < 4.78 is 16.7. The molecule has 0 aliphatic carbocycles. The van der Waals surface area contributed by atoms with E-state index in [0.717, 1.165) is 5.56 Å². The number of amides is 1. The Hall–Kier alpha value is -2.50. The van der Waals surface area contributed by atoms with Gasteiger partial charge in [-0.3, -0.25) is 9.59 Å². The molecule has 2 aliphatic heterocycles. The van der Waals surface area contributed by atoms with Gasteiger partial charge in [-0.05, 0) is 31.5 Å². The molecule has 0 fully saturated rings. The van der Waals surface area contributed by atoms with E-state index in [4.69, 9.17) is 14.2 Å². The van der Waals surface area contributed by atoms with Crippen LogP contribution in [0.3, 0.4) is 0 Å². The van der Waals surface area contributed by atoms with Gasteiger partial charge in [-0.2, -0.15) is 0 Å². The van der Waals surface area contributed by atoms with Crippen LogP contribution in [0.15, 0.2) is 30.0 Å². The first kappa shape index (κ1) is 16.4. The Bertz CT molecular complexity index is 707. The fourth-order valence-electron chi connectivity index (χ4n) is 2.81. The molecular formula is C18H21NO5. The summed E-state index contributed by atoms with van der Waals surface area (Å²) in [6.45, 7) is 5.03. The molecule has 0 saturated carbocycles. The second-order valence-corrected chi connectivity index (χ2v) is 6.65. The van der Waals surface area contributed by atoms with Crippen LogP contribution in [-0.4, -0.2) is 42.5 Å². The Balaban J connectivity index is 1.71. The van der Waals surface area contributed by atoms with Gasteiger partial charge >= 0.3 is 0 Å². The van der Waals surface area contributed by atoms with E-state index < -0.39 is 5.60 Å². The third kappa shape index (κ3) is 3.53. The molecule has 6 nitrogen and oxygen atoms in total. The van der Waals surface area contributed by atoms with Gasteiger partial charge < -0.3 is 19.1 Å². The number of ether oxygens (including phenoxy) is 3. The molecule has 0 atom stereocenters. The summed E-state index contributed by atoms with van der Waals surface area (Å²) in [7, 11) is 1.68. The van der Waals surface area contributed by atoms with Crippen LogP contribution in [0, 0.1) is 0 Å². The maximum atomic E-state index is 12.5. The summed E-state index contributed by atoms with van der Waals surface area (Å²) in [6.07, 6.45) is 1.56. The fraction of sp³-hybridized carbons (Fsp3) is 0.444. The first-order valence-corrected chi connectivity index (χ1v) is 7.92. The molecule has 1 aromatic rings. The lowest BCUT2D eigenvalue weighted by atomic mass is 9.98. The van der Waals surface area contributed by atoms with Crippen molar-refractivity contribution in [2.45, 2.75) is 32.4 Å². The SMILES string of the molecule is CN(Cc1ccc2c(c1)OCCO2)C(=O)C1=CC(=O)CC(C)(C)O1. The van der Waals surface area contributed by atoms with Crippen molar-refractivity contribution in [2.75, 3.05) is 20.3 Å². The molecule has 0 saturated heterocycles. The standard InChI is InChI=1S/C18H21NO5/c1-18(2)10-13(20)9-16(24-18)17(21)19(3)11-12-4-5-14-15(8-12)23-7-6-22-14/h4-5,8-9H,6-7,10-11H2,1-3H3. The lowest BCUT2D eigenvalue weighted by Gasteiger charge is -2.31. The zero-order chi connectivity index (χ0) is 17.3. The second kappa shape index (κ2) is 6.19. The molecular weight excluding hydrogens is 310 g/mol. The minimum absolute atomic E-state index is 0.0938. The highest BCUT2D eigenvalue weighted by Gasteiger charge is 2.32. The Morgan fingerprint density at radius 2 is 1.92 bits per heavy atom. The van der Waals surface area contributed by atoms with Crippen molar-refractivity contribution in [1.29, 1.82) is 0 Å². The van der Waals surface area contributed by atoms with Gasteiger partial charge in [0.25, 0.3) is 5.91 Å². The number of likely N-dealkylation sites (N-methyl/N-ethyl adjacent to an activating group) is 1. The highest BCUT2D eigenvalue weighted by molar-refractivity contribution is 6.01. The third-order valence-corrected chi connectivity index (χ3v) is 3.86. The van der Waals surface area contributed by atoms with Crippen LogP contribution in [0.4, 0.5) is 0 Å². The summed E-state index contributed by atoms with van der Waals surface area (Å²) >= 11 is 0. The Labute approximate surface area is 141 Å². The van der Waals surface area contributed by atoms with E-state index >= 15 is 0 Å². The van der Waals surface area contributed by atoms with Crippen molar-refractivity contribution >= 4 is 11.7 Å². The van der Waals surface area contributed by atoms with Gasteiger partial charge in [0.05, 0.1) is 0 Å². The molecule has 0 unspecified atom stereocenters. The maximum absolute atomic E-state index is 12.5. The Kier molecular flexibility index (Phi) is 4.22. The number of carbonyl (C=O) groups is 2. The molecule has 2 aliphatic rings. The van der Waals surface area contributed by atoms with Crippen LogP contribution in [0.2, 0.25) is 0 Å². The van der Waals surface area contributed by atoms with Gasteiger partial charge in [0.2, 0.25) is 0 Å². The quantitative estimate of drug-likeness (QED) is 0.848. The molecule has 0 radical (unpaired) electrons. The van der Waals surface area contributed by atoms with Gasteiger partial charge in [0.1, 0.15) is 18.8 Å². The summed E-state index contributed by atoms with van der Waals surface area (Å²) in [5.41, 5.74) is 0.256. The molecule has 0 aromatic heterocycles. The van der Waals surface area contributed by atoms with Gasteiger partial charge in [-0.15, -0.1) is 0 Å². The highest BCUT2D eigenvalue weighted by atomic mass is 16.6. The largest absolute Gasteiger partial charge is 0.486 e. The number of hydrogen-bond donors (Lipinski definition) is 0. The summed E-state index contributed by atoms with van der Waals surface area (Å²) in [6, 6.07) is 5.59. The number of fused-ring (bicyclic) bond motifs is 1. The molecule has 2 heterocycles. The smallest absolute Gasteiger partial charge is 0.289 e. The summed E-state index contributed by atoms with van der Waals surface area (Å²) in [5.74, 6) is 1.08. The van der Waals surface area contributed by atoms with E-state index in [1.807, 2.05) is 18.2 Å². The third-order valence-electron chi connectivity index (χ3n) is 3.86. The lowest BCUT2D eigenvalue weighted by molar-refractivity contribution is -0.137. The molecule has 24 heavy (non-hydrogen) atoms. The molecule has 1 aromatic carbocycles. The first-order valence-electron chi connectivity index (χ1n) is 7.92. The predicted octanol–water partition coefficient (Wildman–Crippen LogP) is 2.07. The number of benzene rings is 1. The average molecular weight is 331 g/mol. The number of ketones is 1. The second-order valence-electron chi connectivity index (χ2n) is 6.65. The van der Waals surface area contributed by atoms with Crippen molar-refractivity contribution < 1.29 is 23.8 Å². The van der Waals surface area contributed by atoms with Crippen LogP contribution in [0.5, 0.6) is 11.5 Å². The Morgan fingerprint density at radius 3 is 2.62 bits per heavy atom. The topological polar surface area (TPSA) is 65.1 Å². The van der Waals surface area contributed by atoms with E-state index in [1.54, 1.807) is 20.9 Å². The number of hydrogen-bond acceptors (Lipinski definition) is 5. The van der Waals surface area contributed by atoms with E-state index in [2.05, 4.69) is 0 Å². The minimum Gasteiger partial charge on any atom is -0.486 e. The van der Waals surface area contributed by atoms with Crippen molar-refractivity contribution in [3.05, 3.63) is 35.6 Å². The zero-order valence-corrected chi connectivity index (χ0v) is 14.1. The van der Waals surface area contributed by atoms with Crippen LogP contribution < -0.4 is 9.47 Å². The number of nitrogens with zero attached hydrogens (tertiary/aromatic N) is 1. The van der Waals surface area contributed by atoms with Crippen LogP contribution in [0.25, 0.3) is 0 Å². The van der Waals surface area contributed by atoms with Crippen molar-refractivity contribution in [2.24, 2.45) is 0 Å². The summed E-state index contributed by atoms with van der Waals surface area (Å²) in [4.78, 5) is 25.8. The van der Waals surface area contributed by atoms with Crippen LogP contribution in [-0.2, 0) is 20.9 Å². The van der Waals surface area contributed by atoms with Gasteiger partial charge in [0.15, 0.2) is 23.0 Å². The highest BCUT2D eigenvalue weighted by Crippen LogP contribution is 2.31. The molecule has 1 amide bonds. The van der Waals surface area contributed by atoms with E-state index in [0.29, 0.717) is 31.3 Å². The van der Waals surface area contributed by atoms with Gasteiger partial charge in [0, 0.05) is 26.1 Å². The van der Waals surface area contributed by atoms with E-state index in [9.17, 15) is 9.59 Å². The zero-order valence-electron chi connectivity index (χ0n) is 14.1. The van der Waals surface area contributed by atoms with Gasteiger partial charge in [-0.1, -0.05) is 6.07 Å². The van der Waals surface area contributed by atoms with Crippen LogP contribution >= 0.6 is 0 Å². The van der Waals surface area contributed by atoms with Crippen molar-refractivity contribution in [3.63, 3.8) is 0 Å². The maximum Gasteiger partial charge on any atom is 0.289 e. The molecule has 3 rings (SSSR count). The number of rotatable bonds is 3. The van der Waals surface area contributed by atoms with E-state index in [1.165, 1.54) is 11.0 Å².